The van der Waals surface area contributed by atoms with Gasteiger partial charge in [-0.05, 0) is 60.7 Å². The molecular formula is C21H16O4. The molecule has 4 nitrogen and oxygen atoms in total. The number of benzene rings is 2. The molecule has 0 fully saturated rings. The summed E-state index contributed by atoms with van der Waals surface area (Å²) in [7, 11) is 0. The Balaban J connectivity index is 1.90. The van der Waals surface area contributed by atoms with Gasteiger partial charge in [-0.15, -0.1) is 0 Å². The van der Waals surface area contributed by atoms with Gasteiger partial charge in [-0.25, -0.2) is 4.79 Å². The fourth-order valence-corrected chi connectivity index (χ4v) is 3.30. The predicted octanol–water partition coefficient (Wildman–Crippen LogP) is 4.29. The van der Waals surface area contributed by atoms with Crippen molar-refractivity contribution < 1.29 is 14.3 Å². The summed E-state index contributed by atoms with van der Waals surface area (Å²) in [4.78, 5) is 23.9. The number of allylic oxidation sites excluding steroid dienone is 1. The molecule has 2 aromatic carbocycles. The van der Waals surface area contributed by atoms with E-state index in [1.165, 1.54) is 12.1 Å². The zero-order valence-corrected chi connectivity index (χ0v) is 13.7. The molecule has 0 atom stereocenters. The van der Waals surface area contributed by atoms with E-state index in [-0.39, 0.29) is 11.0 Å². The number of hydrogen-bond donors (Lipinski definition) is 1. The van der Waals surface area contributed by atoms with Crippen LogP contribution in [0.4, 0.5) is 0 Å². The van der Waals surface area contributed by atoms with Gasteiger partial charge in [-0.1, -0.05) is 24.3 Å². The average molecular weight is 332 g/mol. The van der Waals surface area contributed by atoms with Crippen molar-refractivity contribution in [2.24, 2.45) is 0 Å². The molecule has 0 saturated carbocycles. The molecule has 0 amide bonds. The highest BCUT2D eigenvalue weighted by Crippen LogP contribution is 2.34. The zero-order chi connectivity index (χ0) is 17.6. The molecular weight excluding hydrogens is 316 g/mol. The Kier molecular flexibility index (Phi) is 3.53. The summed E-state index contributed by atoms with van der Waals surface area (Å²) in [6.45, 7) is 2.05. The Hall–Kier alpha value is -3.14. The first kappa shape index (κ1) is 15.4. The lowest BCUT2D eigenvalue weighted by molar-refractivity contribution is 0.0697. The average Bonchev–Trinajstić information content (AvgIpc) is 3.00. The third-order valence-corrected chi connectivity index (χ3v) is 4.69. The van der Waals surface area contributed by atoms with Gasteiger partial charge in [0, 0.05) is 5.56 Å². The minimum atomic E-state index is -1.05. The minimum absolute atomic E-state index is 0.0911. The molecule has 0 unspecified atom stereocenters. The van der Waals surface area contributed by atoms with Crippen molar-refractivity contribution in [2.75, 3.05) is 0 Å². The third kappa shape index (κ3) is 2.56. The molecule has 1 aliphatic carbocycles. The number of carboxylic acids is 1. The summed E-state index contributed by atoms with van der Waals surface area (Å²) >= 11 is 0. The predicted molar refractivity (Wildman–Crippen MR) is 96.8 cm³/mol. The Morgan fingerprint density at radius 2 is 1.96 bits per heavy atom. The van der Waals surface area contributed by atoms with Crippen molar-refractivity contribution in [3.8, 4) is 0 Å². The van der Waals surface area contributed by atoms with E-state index < -0.39 is 5.97 Å². The largest absolute Gasteiger partial charge is 0.478 e. The summed E-state index contributed by atoms with van der Waals surface area (Å²) in [5, 5.41) is 9.45. The number of carboxylic acid groups (broad SMARTS) is 1. The fraction of sp³-hybridized carbons (Fsp3) is 0.143. The fourth-order valence-electron chi connectivity index (χ4n) is 3.30. The van der Waals surface area contributed by atoms with Crippen molar-refractivity contribution in [1.82, 2.24) is 0 Å². The first-order valence-corrected chi connectivity index (χ1v) is 8.14. The van der Waals surface area contributed by atoms with Crippen LogP contribution < -0.4 is 5.43 Å². The van der Waals surface area contributed by atoms with E-state index in [2.05, 4.69) is 6.08 Å². The van der Waals surface area contributed by atoms with Crippen LogP contribution in [0.2, 0.25) is 0 Å². The van der Waals surface area contributed by atoms with E-state index in [1.807, 2.05) is 31.2 Å². The van der Waals surface area contributed by atoms with Crippen molar-refractivity contribution >= 4 is 28.6 Å². The second-order valence-electron chi connectivity index (χ2n) is 6.28. The van der Waals surface area contributed by atoms with Crippen molar-refractivity contribution in [3.05, 3.63) is 80.7 Å². The quantitative estimate of drug-likeness (QED) is 0.760. The van der Waals surface area contributed by atoms with E-state index in [0.29, 0.717) is 28.7 Å². The van der Waals surface area contributed by atoms with E-state index in [4.69, 9.17) is 9.52 Å². The Bertz CT molecular complexity index is 1100. The SMILES string of the molecule is Cc1ccccc1/C=C1\CCc2c1oc1ccc(C(=O)O)cc1c2=O. The highest BCUT2D eigenvalue weighted by Gasteiger charge is 2.24. The van der Waals surface area contributed by atoms with Crippen LogP contribution in [0.1, 0.15) is 39.2 Å². The number of carbonyl (C=O) groups is 1. The van der Waals surface area contributed by atoms with Crippen LogP contribution in [-0.2, 0) is 6.42 Å². The molecule has 4 rings (SSSR count). The van der Waals surface area contributed by atoms with Gasteiger partial charge >= 0.3 is 5.97 Å². The van der Waals surface area contributed by atoms with Crippen molar-refractivity contribution in [3.63, 3.8) is 0 Å². The Morgan fingerprint density at radius 1 is 1.16 bits per heavy atom. The van der Waals surface area contributed by atoms with Gasteiger partial charge in [-0.3, -0.25) is 4.79 Å². The zero-order valence-electron chi connectivity index (χ0n) is 13.7. The smallest absolute Gasteiger partial charge is 0.335 e. The maximum Gasteiger partial charge on any atom is 0.335 e. The van der Waals surface area contributed by atoms with Crippen LogP contribution in [0.25, 0.3) is 22.6 Å². The molecule has 0 bridgehead atoms. The normalized spacial score (nSPS) is 14.8. The number of fused-ring (bicyclic) bond motifs is 2. The monoisotopic (exact) mass is 332 g/mol. The van der Waals surface area contributed by atoms with Crippen LogP contribution >= 0.6 is 0 Å². The molecule has 1 aliphatic rings. The van der Waals surface area contributed by atoms with Crippen LogP contribution in [0.15, 0.2) is 51.7 Å². The van der Waals surface area contributed by atoms with Crippen molar-refractivity contribution in [2.45, 2.75) is 19.8 Å². The van der Waals surface area contributed by atoms with Gasteiger partial charge < -0.3 is 9.52 Å². The number of aryl methyl sites for hydroxylation is 1. The molecule has 25 heavy (non-hydrogen) atoms. The lowest BCUT2D eigenvalue weighted by atomic mass is 10.0. The first-order valence-electron chi connectivity index (χ1n) is 8.14. The summed E-state index contributed by atoms with van der Waals surface area (Å²) in [6, 6.07) is 12.5. The molecule has 3 aromatic rings. The number of hydrogen-bond acceptors (Lipinski definition) is 3. The van der Waals surface area contributed by atoms with Gasteiger partial charge in [0.2, 0.25) is 0 Å². The molecule has 0 radical (unpaired) electrons. The number of rotatable bonds is 2. The van der Waals surface area contributed by atoms with E-state index in [1.54, 1.807) is 6.07 Å². The third-order valence-electron chi connectivity index (χ3n) is 4.69. The lowest BCUT2D eigenvalue weighted by Crippen LogP contribution is -2.09. The Labute approximate surface area is 144 Å². The van der Waals surface area contributed by atoms with Crippen LogP contribution in [-0.4, -0.2) is 11.1 Å². The highest BCUT2D eigenvalue weighted by molar-refractivity contribution is 5.94. The molecule has 124 valence electrons. The molecule has 0 spiro atoms. The van der Waals surface area contributed by atoms with Gasteiger partial charge in [0.15, 0.2) is 5.43 Å². The standard InChI is InChI=1S/C21H16O4/c1-12-4-2-3-5-13(12)10-14-6-8-16-19(22)17-11-15(21(23)24)7-9-18(17)25-20(14)16/h2-5,7,9-11H,6,8H2,1H3,(H,23,24)/b14-10+. The maximum absolute atomic E-state index is 12.8. The van der Waals surface area contributed by atoms with Crippen LogP contribution in [0.5, 0.6) is 0 Å². The lowest BCUT2D eigenvalue weighted by Gasteiger charge is -2.06. The summed E-state index contributed by atoms with van der Waals surface area (Å²) in [6.07, 6.45) is 3.43. The second kappa shape index (κ2) is 5.74. The van der Waals surface area contributed by atoms with Gasteiger partial charge in [-0.2, -0.15) is 0 Å². The summed E-state index contributed by atoms with van der Waals surface area (Å²) in [5.74, 6) is -0.425. The van der Waals surface area contributed by atoms with Crippen LogP contribution in [0, 0.1) is 6.92 Å². The van der Waals surface area contributed by atoms with Gasteiger partial charge in [0.05, 0.1) is 10.9 Å². The summed E-state index contributed by atoms with van der Waals surface area (Å²) in [5.41, 5.74) is 4.29. The van der Waals surface area contributed by atoms with E-state index >= 15 is 0 Å². The van der Waals surface area contributed by atoms with Gasteiger partial charge in [0.1, 0.15) is 11.3 Å². The maximum atomic E-state index is 12.8. The molecule has 0 aliphatic heterocycles. The summed E-state index contributed by atoms with van der Waals surface area (Å²) < 4.78 is 5.98. The van der Waals surface area contributed by atoms with Crippen LogP contribution in [0.3, 0.4) is 0 Å². The number of aromatic carboxylic acids is 1. The highest BCUT2D eigenvalue weighted by atomic mass is 16.4. The Morgan fingerprint density at radius 3 is 2.72 bits per heavy atom. The minimum Gasteiger partial charge on any atom is -0.478 e. The topological polar surface area (TPSA) is 67.5 Å². The second-order valence-corrected chi connectivity index (χ2v) is 6.28. The van der Waals surface area contributed by atoms with E-state index in [0.717, 1.165) is 23.1 Å². The molecule has 0 saturated heterocycles. The molecule has 4 heteroatoms. The van der Waals surface area contributed by atoms with Crippen molar-refractivity contribution in [1.29, 1.82) is 0 Å². The molecule has 1 aromatic heterocycles. The first-order chi connectivity index (χ1) is 12.0. The van der Waals surface area contributed by atoms with Gasteiger partial charge in [0.25, 0.3) is 0 Å². The molecule has 1 heterocycles. The molecule has 1 N–H and O–H groups in total. The van der Waals surface area contributed by atoms with E-state index in [9.17, 15) is 9.59 Å².